The predicted octanol–water partition coefficient (Wildman–Crippen LogP) is 1.99. The van der Waals surface area contributed by atoms with Crippen molar-refractivity contribution in [3.63, 3.8) is 0 Å². The Labute approximate surface area is 139 Å². The van der Waals surface area contributed by atoms with Crippen molar-refractivity contribution in [2.45, 2.75) is 31.8 Å². The number of nitrogens with zero attached hydrogens (tertiary/aromatic N) is 2. The molecule has 1 unspecified atom stereocenters. The molecule has 0 saturated carbocycles. The maximum Gasteiger partial charge on any atom is 0.246 e. The molecule has 1 saturated heterocycles. The van der Waals surface area contributed by atoms with Gasteiger partial charge >= 0.3 is 0 Å². The van der Waals surface area contributed by atoms with Gasteiger partial charge in [0.05, 0.1) is 18.7 Å². The Morgan fingerprint density at radius 3 is 2.87 bits per heavy atom. The molecule has 0 aromatic carbocycles. The van der Waals surface area contributed by atoms with Gasteiger partial charge in [-0.1, -0.05) is 6.07 Å². The summed E-state index contributed by atoms with van der Waals surface area (Å²) in [5.41, 5.74) is 1.06. The fourth-order valence-electron chi connectivity index (χ4n) is 2.72. The summed E-state index contributed by atoms with van der Waals surface area (Å²) in [5, 5.41) is 6.82. The molecule has 3 rings (SSSR count). The SMILES string of the molecule is CC1(C(=O)NCc2ccccn2)CCN1C(=O)Cc1ccsc1. The van der Waals surface area contributed by atoms with Crippen LogP contribution in [0.25, 0.3) is 0 Å². The van der Waals surface area contributed by atoms with E-state index >= 15 is 0 Å². The Bertz CT molecular complexity index is 687. The van der Waals surface area contributed by atoms with E-state index in [-0.39, 0.29) is 11.8 Å². The van der Waals surface area contributed by atoms with Gasteiger partial charge in [-0.15, -0.1) is 0 Å². The lowest BCUT2D eigenvalue weighted by molar-refractivity contribution is -0.157. The molecule has 0 spiro atoms. The van der Waals surface area contributed by atoms with E-state index in [9.17, 15) is 9.59 Å². The Balaban J connectivity index is 1.59. The second-order valence-electron chi connectivity index (χ2n) is 5.88. The van der Waals surface area contributed by atoms with Crippen LogP contribution in [0.15, 0.2) is 41.2 Å². The molecule has 2 aromatic heterocycles. The van der Waals surface area contributed by atoms with Crippen LogP contribution < -0.4 is 5.32 Å². The highest BCUT2D eigenvalue weighted by Gasteiger charge is 2.49. The van der Waals surface area contributed by atoms with Crippen LogP contribution in [-0.4, -0.2) is 33.8 Å². The lowest BCUT2D eigenvalue weighted by Crippen LogP contribution is -2.67. The Morgan fingerprint density at radius 1 is 1.39 bits per heavy atom. The number of hydrogen-bond acceptors (Lipinski definition) is 4. The van der Waals surface area contributed by atoms with E-state index in [1.807, 2.05) is 41.9 Å². The number of carbonyl (C=O) groups excluding carboxylic acids is 2. The molecule has 2 amide bonds. The molecule has 1 N–H and O–H groups in total. The van der Waals surface area contributed by atoms with E-state index in [0.29, 0.717) is 25.9 Å². The molecule has 5 nitrogen and oxygen atoms in total. The van der Waals surface area contributed by atoms with E-state index in [1.54, 1.807) is 22.4 Å². The standard InChI is InChI=1S/C17H19N3O2S/c1-17(16(22)19-11-14-4-2-3-7-18-14)6-8-20(17)15(21)10-13-5-9-23-12-13/h2-5,7,9,12H,6,8,10-11H2,1H3,(H,19,22). The lowest BCUT2D eigenvalue weighted by Gasteiger charge is -2.49. The zero-order chi connectivity index (χ0) is 16.3. The minimum absolute atomic E-state index is 0.00476. The van der Waals surface area contributed by atoms with Crippen LogP contribution in [-0.2, 0) is 22.6 Å². The Morgan fingerprint density at radius 2 is 2.26 bits per heavy atom. The van der Waals surface area contributed by atoms with Crippen LogP contribution >= 0.6 is 11.3 Å². The number of nitrogens with one attached hydrogen (secondary N) is 1. The van der Waals surface area contributed by atoms with Crippen LogP contribution in [0.1, 0.15) is 24.6 Å². The molecule has 1 fully saturated rings. The van der Waals surface area contributed by atoms with Crippen molar-refractivity contribution >= 4 is 23.2 Å². The van der Waals surface area contributed by atoms with Crippen LogP contribution in [0.5, 0.6) is 0 Å². The number of hydrogen-bond donors (Lipinski definition) is 1. The van der Waals surface area contributed by atoms with Crippen molar-refractivity contribution in [1.29, 1.82) is 0 Å². The number of amides is 2. The first-order valence-corrected chi connectivity index (χ1v) is 8.53. The second kappa shape index (κ2) is 6.50. The van der Waals surface area contributed by atoms with E-state index < -0.39 is 5.54 Å². The fourth-order valence-corrected chi connectivity index (χ4v) is 3.39. The van der Waals surface area contributed by atoms with Gasteiger partial charge in [-0.05, 0) is 47.9 Å². The van der Waals surface area contributed by atoms with Crippen molar-refractivity contribution in [2.24, 2.45) is 0 Å². The summed E-state index contributed by atoms with van der Waals surface area (Å²) in [6.07, 6.45) is 2.74. The Hall–Kier alpha value is -2.21. The molecule has 0 bridgehead atoms. The molecule has 6 heteroatoms. The topological polar surface area (TPSA) is 62.3 Å². The van der Waals surface area contributed by atoms with Crippen molar-refractivity contribution in [2.75, 3.05) is 6.54 Å². The molecule has 1 aliphatic heterocycles. The summed E-state index contributed by atoms with van der Waals surface area (Å²) in [6.45, 7) is 2.84. The summed E-state index contributed by atoms with van der Waals surface area (Å²) in [6, 6.07) is 7.53. The molecule has 120 valence electrons. The first kappa shape index (κ1) is 15.7. The maximum atomic E-state index is 12.5. The predicted molar refractivity (Wildman–Crippen MR) is 88.8 cm³/mol. The minimum atomic E-state index is -0.748. The summed E-state index contributed by atoms with van der Waals surface area (Å²) in [7, 11) is 0. The molecule has 1 aliphatic rings. The van der Waals surface area contributed by atoms with Gasteiger partial charge in [0.15, 0.2) is 0 Å². The summed E-state index contributed by atoms with van der Waals surface area (Å²) in [5.74, 6) is -0.113. The van der Waals surface area contributed by atoms with Gasteiger partial charge in [-0.25, -0.2) is 0 Å². The van der Waals surface area contributed by atoms with Gasteiger partial charge in [0.1, 0.15) is 5.54 Å². The highest BCUT2D eigenvalue weighted by molar-refractivity contribution is 7.08. The van der Waals surface area contributed by atoms with E-state index in [2.05, 4.69) is 10.3 Å². The first-order valence-electron chi connectivity index (χ1n) is 7.59. The average Bonchev–Trinajstić information content (AvgIpc) is 3.04. The largest absolute Gasteiger partial charge is 0.348 e. The monoisotopic (exact) mass is 329 g/mol. The smallest absolute Gasteiger partial charge is 0.246 e. The third-order valence-corrected chi connectivity index (χ3v) is 5.03. The molecule has 1 atom stereocenters. The fraction of sp³-hybridized carbons (Fsp3) is 0.353. The summed E-state index contributed by atoms with van der Waals surface area (Å²) in [4.78, 5) is 30.8. The molecule has 0 aliphatic carbocycles. The van der Waals surface area contributed by atoms with Gasteiger partial charge in [-0.2, -0.15) is 11.3 Å². The van der Waals surface area contributed by atoms with E-state index in [0.717, 1.165) is 11.3 Å². The van der Waals surface area contributed by atoms with Gasteiger partial charge in [-0.3, -0.25) is 14.6 Å². The number of rotatable bonds is 5. The quantitative estimate of drug-likeness (QED) is 0.912. The number of thiophene rings is 1. The molecular weight excluding hydrogens is 310 g/mol. The number of carbonyl (C=O) groups is 2. The van der Waals surface area contributed by atoms with E-state index in [4.69, 9.17) is 0 Å². The zero-order valence-electron chi connectivity index (χ0n) is 13.0. The van der Waals surface area contributed by atoms with Crippen molar-refractivity contribution < 1.29 is 9.59 Å². The number of likely N-dealkylation sites (tertiary alicyclic amines) is 1. The van der Waals surface area contributed by atoms with Gasteiger partial charge in [0.2, 0.25) is 11.8 Å². The van der Waals surface area contributed by atoms with E-state index in [1.165, 1.54) is 0 Å². The van der Waals surface area contributed by atoms with Crippen LogP contribution in [0.3, 0.4) is 0 Å². The first-order chi connectivity index (χ1) is 11.1. The number of pyridine rings is 1. The average molecular weight is 329 g/mol. The summed E-state index contributed by atoms with van der Waals surface area (Å²) >= 11 is 1.57. The lowest BCUT2D eigenvalue weighted by atomic mass is 9.85. The van der Waals surface area contributed by atoms with Crippen molar-refractivity contribution in [3.05, 3.63) is 52.5 Å². The third-order valence-electron chi connectivity index (χ3n) is 4.30. The molecule has 23 heavy (non-hydrogen) atoms. The van der Waals surface area contributed by atoms with Crippen LogP contribution in [0.2, 0.25) is 0 Å². The zero-order valence-corrected chi connectivity index (χ0v) is 13.8. The van der Waals surface area contributed by atoms with Gasteiger partial charge < -0.3 is 10.2 Å². The Kier molecular flexibility index (Phi) is 4.43. The van der Waals surface area contributed by atoms with Crippen molar-refractivity contribution in [1.82, 2.24) is 15.2 Å². The van der Waals surface area contributed by atoms with Crippen LogP contribution in [0.4, 0.5) is 0 Å². The maximum absolute atomic E-state index is 12.5. The molecule has 2 aromatic rings. The third kappa shape index (κ3) is 3.27. The molecular formula is C17H19N3O2S. The van der Waals surface area contributed by atoms with Gasteiger partial charge in [0.25, 0.3) is 0 Å². The normalized spacial score (nSPS) is 20.0. The molecule has 3 heterocycles. The summed E-state index contributed by atoms with van der Waals surface area (Å²) < 4.78 is 0. The highest BCUT2D eigenvalue weighted by Crippen LogP contribution is 2.31. The number of aromatic nitrogens is 1. The highest BCUT2D eigenvalue weighted by atomic mass is 32.1. The second-order valence-corrected chi connectivity index (χ2v) is 6.66. The van der Waals surface area contributed by atoms with Crippen LogP contribution in [0, 0.1) is 0 Å². The minimum Gasteiger partial charge on any atom is -0.348 e. The van der Waals surface area contributed by atoms with Gasteiger partial charge in [0, 0.05) is 12.7 Å². The van der Waals surface area contributed by atoms with Crippen molar-refractivity contribution in [3.8, 4) is 0 Å². The molecule has 0 radical (unpaired) electrons.